The summed E-state index contributed by atoms with van der Waals surface area (Å²) in [6, 6.07) is 4.63. The van der Waals surface area contributed by atoms with Gasteiger partial charge >= 0.3 is 13.1 Å². The van der Waals surface area contributed by atoms with E-state index in [1.165, 1.54) is 6.07 Å². The number of nitrogens with one attached hydrogen (secondary N) is 3. The van der Waals surface area contributed by atoms with Crippen LogP contribution in [0.15, 0.2) is 18.2 Å². The lowest BCUT2D eigenvalue weighted by atomic mass is 9.72. The summed E-state index contributed by atoms with van der Waals surface area (Å²) in [5, 5.41) is 39.3. The average Bonchev–Trinajstić information content (AvgIpc) is 3.40. The Balaban J connectivity index is 1.37. The zero-order valence-corrected chi connectivity index (χ0v) is 16.3. The Morgan fingerprint density at radius 2 is 2.16 bits per heavy atom. The van der Waals surface area contributed by atoms with Crippen LogP contribution in [0.3, 0.4) is 0 Å². The summed E-state index contributed by atoms with van der Waals surface area (Å²) in [5.74, 6) is -3.24. The van der Waals surface area contributed by atoms with Crippen molar-refractivity contribution >= 4 is 24.9 Å². The van der Waals surface area contributed by atoms with E-state index in [-0.39, 0.29) is 42.1 Å². The van der Waals surface area contributed by atoms with Crippen LogP contribution in [0.1, 0.15) is 33.0 Å². The number of carbonyl (C=O) groups is 3. The molecular weight excluding hydrogens is 409 g/mol. The van der Waals surface area contributed by atoms with Crippen molar-refractivity contribution in [3.8, 4) is 5.75 Å². The Bertz CT molecular complexity index is 1010. The lowest BCUT2D eigenvalue weighted by molar-refractivity contribution is -0.122. The number of amides is 2. The maximum atomic E-state index is 12.5. The zero-order valence-electron chi connectivity index (χ0n) is 16.3. The lowest BCUT2D eigenvalue weighted by Gasteiger charge is -2.28. The van der Waals surface area contributed by atoms with Gasteiger partial charge in [0, 0.05) is 12.6 Å². The van der Waals surface area contributed by atoms with Gasteiger partial charge in [0.2, 0.25) is 5.91 Å². The maximum Gasteiger partial charge on any atom is 0.547 e. The molecule has 1 aromatic carbocycles. The van der Waals surface area contributed by atoms with Gasteiger partial charge in [-0.25, -0.2) is 4.79 Å². The SMILES string of the molecule is O=C(Cn1nnc(C(=O)N[C@H]2Cc3cccc(C(=O)O)c3OB2O)n1)NC1CCNC1. The minimum atomic E-state index is -1.46. The highest BCUT2D eigenvalue weighted by Crippen LogP contribution is 2.30. The third kappa shape index (κ3) is 4.64. The molecule has 2 aliphatic heterocycles. The summed E-state index contributed by atoms with van der Waals surface area (Å²) in [5.41, 5.74) is 0.461. The minimum absolute atomic E-state index is 0.0519. The van der Waals surface area contributed by atoms with Crippen LogP contribution in [0.25, 0.3) is 0 Å². The number of aromatic carboxylic acids is 1. The standard InChI is InChI=1S/C17H20BN7O6/c26-13(20-10-4-5-19-7-10)8-25-23-15(22-24-25)16(27)21-12-6-9-2-1-3-11(17(28)29)14(9)31-18(12)30/h1-3,10,12,19,30H,4-8H2,(H,20,26)(H,21,27)(H,28,29)/t10?,12-/m0/s1. The van der Waals surface area contributed by atoms with E-state index in [1.807, 2.05) is 0 Å². The van der Waals surface area contributed by atoms with E-state index in [0.717, 1.165) is 17.8 Å². The first kappa shape index (κ1) is 20.7. The fourth-order valence-corrected chi connectivity index (χ4v) is 3.53. The van der Waals surface area contributed by atoms with Crippen molar-refractivity contribution in [2.45, 2.75) is 31.4 Å². The number of carboxylic acids is 1. The predicted molar refractivity (Wildman–Crippen MR) is 104 cm³/mol. The quantitative estimate of drug-likeness (QED) is 0.311. The first-order valence-corrected chi connectivity index (χ1v) is 9.69. The van der Waals surface area contributed by atoms with Crippen LogP contribution in [-0.2, 0) is 17.8 Å². The molecule has 1 aromatic heterocycles. The molecular formula is C17H20BN7O6. The number of carboxylic acid groups (broad SMARTS) is 1. The maximum absolute atomic E-state index is 12.5. The van der Waals surface area contributed by atoms with E-state index < -0.39 is 24.9 Å². The van der Waals surface area contributed by atoms with Crippen molar-refractivity contribution in [3.05, 3.63) is 35.2 Å². The van der Waals surface area contributed by atoms with Crippen molar-refractivity contribution in [1.29, 1.82) is 0 Å². The Labute approximate surface area is 176 Å². The fraction of sp³-hybridized carbons (Fsp3) is 0.412. The largest absolute Gasteiger partial charge is 0.547 e. The zero-order chi connectivity index (χ0) is 22.0. The third-order valence-corrected chi connectivity index (χ3v) is 5.03. The monoisotopic (exact) mass is 429 g/mol. The Hall–Kier alpha value is -3.52. The van der Waals surface area contributed by atoms with E-state index >= 15 is 0 Å². The molecule has 13 nitrogen and oxygen atoms in total. The van der Waals surface area contributed by atoms with Crippen LogP contribution in [0.4, 0.5) is 0 Å². The Morgan fingerprint density at radius 3 is 2.90 bits per heavy atom. The van der Waals surface area contributed by atoms with Gasteiger partial charge in [0.1, 0.15) is 12.3 Å². The van der Waals surface area contributed by atoms with Crippen molar-refractivity contribution in [3.63, 3.8) is 0 Å². The number of rotatable bonds is 6. The second-order valence-corrected chi connectivity index (χ2v) is 7.29. The van der Waals surface area contributed by atoms with Gasteiger partial charge < -0.3 is 30.7 Å². The van der Waals surface area contributed by atoms with Crippen molar-refractivity contribution in [1.82, 2.24) is 36.2 Å². The molecule has 2 aliphatic rings. The Morgan fingerprint density at radius 1 is 1.32 bits per heavy atom. The second kappa shape index (κ2) is 8.69. The molecule has 0 radical (unpaired) electrons. The highest BCUT2D eigenvalue weighted by Gasteiger charge is 2.38. The van der Waals surface area contributed by atoms with Gasteiger partial charge in [0.15, 0.2) is 0 Å². The van der Waals surface area contributed by atoms with Crippen LogP contribution in [0, 0.1) is 0 Å². The third-order valence-electron chi connectivity index (χ3n) is 5.03. The van der Waals surface area contributed by atoms with Crippen LogP contribution in [0.2, 0.25) is 0 Å². The highest BCUT2D eigenvalue weighted by molar-refractivity contribution is 6.47. The smallest absolute Gasteiger partial charge is 0.534 e. The van der Waals surface area contributed by atoms with Crippen molar-refractivity contribution in [2.75, 3.05) is 13.1 Å². The summed E-state index contributed by atoms with van der Waals surface area (Å²) in [6.45, 7) is 1.36. The molecule has 162 valence electrons. The molecule has 0 bridgehead atoms. The number of para-hydroxylation sites is 1. The van der Waals surface area contributed by atoms with Crippen LogP contribution in [-0.4, -0.2) is 80.3 Å². The molecule has 4 rings (SSSR count). The van der Waals surface area contributed by atoms with E-state index in [1.54, 1.807) is 12.1 Å². The van der Waals surface area contributed by atoms with Gasteiger partial charge in [-0.05, 0) is 36.2 Å². The Kier molecular flexibility index (Phi) is 5.82. The first-order valence-electron chi connectivity index (χ1n) is 9.69. The van der Waals surface area contributed by atoms with Crippen molar-refractivity contribution < 1.29 is 29.2 Å². The molecule has 5 N–H and O–H groups in total. The summed E-state index contributed by atoms with van der Waals surface area (Å²) < 4.78 is 5.34. The number of tetrazole rings is 1. The molecule has 0 aliphatic carbocycles. The molecule has 1 fully saturated rings. The van der Waals surface area contributed by atoms with Crippen molar-refractivity contribution in [2.24, 2.45) is 0 Å². The molecule has 2 amide bonds. The second-order valence-electron chi connectivity index (χ2n) is 7.29. The number of benzene rings is 1. The minimum Gasteiger partial charge on any atom is -0.534 e. The number of fused-ring (bicyclic) bond motifs is 1. The number of hydrogen-bond acceptors (Lipinski definition) is 9. The molecule has 3 heterocycles. The number of hydrogen-bond donors (Lipinski definition) is 5. The first-order chi connectivity index (χ1) is 14.9. The van der Waals surface area contributed by atoms with Crippen LogP contribution in [0.5, 0.6) is 5.75 Å². The predicted octanol–water partition coefficient (Wildman–Crippen LogP) is -2.40. The van der Waals surface area contributed by atoms with Gasteiger partial charge in [-0.2, -0.15) is 4.80 Å². The lowest BCUT2D eigenvalue weighted by Crippen LogP contribution is -2.53. The number of carbonyl (C=O) groups excluding carboxylic acids is 2. The number of nitrogens with zero attached hydrogens (tertiary/aromatic N) is 4. The highest BCUT2D eigenvalue weighted by atomic mass is 16.5. The van der Waals surface area contributed by atoms with Gasteiger partial charge in [-0.3, -0.25) is 9.59 Å². The van der Waals surface area contributed by atoms with E-state index in [4.69, 9.17) is 4.65 Å². The van der Waals surface area contributed by atoms with E-state index in [2.05, 4.69) is 31.4 Å². The van der Waals surface area contributed by atoms with Crippen LogP contribution < -0.4 is 20.6 Å². The molecule has 1 saturated heterocycles. The van der Waals surface area contributed by atoms with Crippen LogP contribution >= 0.6 is 0 Å². The molecule has 0 spiro atoms. The van der Waals surface area contributed by atoms with Gasteiger partial charge in [-0.1, -0.05) is 12.1 Å². The molecule has 2 atom stereocenters. The summed E-state index contributed by atoms with van der Waals surface area (Å²) >= 11 is 0. The normalized spacial score (nSPS) is 20.0. The van der Waals surface area contributed by atoms with Gasteiger partial charge in [-0.15, -0.1) is 10.2 Å². The summed E-state index contributed by atoms with van der Waals surface area (Å²) in [4.78, 5) is 36.8. The summed E-state index contributed by atoms with van der Waals surface area (Å²) in [6.07, 6.45) is 0.988. The topological polar surface area (TPSA) is 181 Å². The molecule has 0 saturated carbocycles. The molecule has 1 unspecified atom stereocenters. The average molecular weight is 429 g/mol. The molecule has 2 aromatic rings. The fourth-order valence-electron chi connectivity index (χ4n) is 3.53. The summed E-state index contributed by atoms with van der Waals surface area (Å²) in [7, 11) is -1.46. The van der Waals surface area contributed by atoms with Gasteiger partial charge in [0.05, 0.1) is 11.5 Å². The van der Waals surface area contributed by atoms with E-state index in [9.17, 15) is 24.5 Å². The molecule has 31 heavy (non-hydrogen) atoms. The molecule has 14 heteroatoms. The van der Waals surface area contributed by atoms with Gasteiger partial charge in [0.25, 0.3) is 11.7 Å². The van der Waals surface area contributed by atoms with E-state index in [0.29, 0.717) is 12.1 Å². The number of aromatic nitrogens is 4.